The van der Waals surface area contributed by atoms with E-state index in [-0.39, 0.29) is 30.6 Å². The van der Waals surface area contributed by atoms with Gasteiger partial charge in [0.2, 0.25) is 0 Å². The van der Waals surface area contributed by atoms with Crippen molar-refractivity contribution in [3.63, 3.8) is 0 Å². The number of aliphatic hydroxyl groups excluding tert-OH is 1. The van der Waals surface area contributed by atoms with Crippen LogP contribution in [0.2, 0.25) is 0 Å². The van der Waals surface area contributed by atoms with Gasteiger partial charge in [0.25, 0.3) is 11.8 Å². The first-order valence-electron chi connectivity index (χ1n) is 15.4. The number of likely N-dealkylation sites (tertiary alicyclic amines) is 1. The SMILES string of the molecule is CC1(C)CC2CC(C)(CN2CC2CC(c3ccc(CO)cc3)OC(c3cccc(N4C(=O)c5ccccc5C4=O)c3)O2)C1. The molecule has 2 amide bonds. The van der Waals surface area contributed by atoms with Gasteiger partial charge in [-0.3, -0.25) is 14.5 Å². The van der Waals surface area contributed by atoms with E-state index in [1.54, 1.807) is 30.3 Å². The van der Waals surface area contributed by atoms with Gasteiger partial charge in [-0.1, -0.05) is 69.3 Å². The second kappa shape index (κ2) is 10.7. The summed E-state index contributed by atoms with van der Waals surface area (Å²) in [5, 5.41) is 9.57. The summed E-state index contributed by atoms with van der Waals surface area (Å²) in [6.45, 7) is 9.14. The zero-order valence-electron chi connectivity index (χ0n) is 25.2. The fourth-order valence-corrected chi connectivity index (χ4v) is 8.32. The summed E-state index contributed by atoms with van der Waals surface area (Å²) in [6, 6.07) is 22.8. The van der Waals surface area contributed by atoms with Gasteiger partial charge in [-0.15, -0.1) is 0 Å². The number of carbonyl (C=O) groups excluding carboxylic acids is 2. The molecule has 0 aromatic heterocycles. The Labute approximate surface area is 253 Å². The molecule has 4 aliphatic rings. The molecule has 0 radical (unpaired) electrons. The van der Waals surface area contributed by atoms with Crippen molar-refractivity contribution in [2.24, 2.45) is 10.8 Å². The predicted molar refractivity (Wildman–Crippen MR) is 164 cm³/mol. The van der Waals surface area contributed by atoms with E-state index in [0.717, 1.165) is 36.2 Å². The number of imide groups is 1. The summed E-state index contributed by atoms with van der Waals surface area (Å²) in [7, 11) is 0. The van der Waals surface area contributed by atoms with Gasteiger partial charge in [-0.05, 0) is 65.5 Å². The predicted octanol–water partition coefficient (Wildman–Crippen LogP) is 6.43. The third kappa shape index (κ3) is 5.33. The van der Waals surface area contributed by atoms with Gasteiger partial charge in [0.1, 0.15) is 0 Å². The van der Waals surface area contributed by atoms with Gasteiger partial charge >= 0.3 is 0 Å². The van der Waals surface area contributed by atoms with E-state index >= 15 is 0 Å². The van der Waals surface area contributed by atoms with Gasteiger partial charge in [-0.2, -0.15) is 0 Å². The largest absolute Gasteiger partial charge is 0.392 e. The third-order valence-corrected chi connectivity index (χ3v) is 9.77. The van der Waals surface area contributed by atoms with Gasteiger partial charge in [-0.25, -0.2) is 4.90 Å². The molecule has 3 fully saturated rings. The molecule has 0 spiro atoms. The lowest BCUT2D eigenvalue weighted by Crippen LogP contribution is -2.42. The molecule has 7 heteroatoms. The minimum Gasteiger partial charge on any atom is -0.392 e. The molecule has 3 aliphatic heterocycles. The fourth-order valence-electron chi connectivity index (χ4n) is 8.32. The zero-order chi connectivity index (χ0) is 29.9. The van der Waals surface area contributed by atoms with E-state index < -0.39 is 6.29 Å². The lowest BCUT2D eigenvalue weighted by Gasteiger charge is -2.41. The number of amides is 2. The summed E-state index contributed by atoms with van der Waals surface area (Å²) in [5.74, 6) is -0.640. The van der Waals surface area contributed by atoms with E-state index in [0.29, 0.717) is 33.7 Å². The summed E-state index contributed by atoms with van der Waals surface area (Å²) >= 11 is 0. The van der Waals surface area contributed by atoms with Gasteiger partial charge in [0, 0.05) is 31.1 Å². The Balaban J connectivity index is 1.17. The molecule has 1 saturated carbocycles. The zero-order valence-corrected chi connectivity index (χ0v) is 25.2. The first kappa shape index (κ1) is 28.4. The molecular formula is C36H40N2O5. The summed E-state index contributed by atoms with van der Waals surface area (Å²) < 4.78 is 13.3. The van der Waals surface area contributed by atoms with Crippen molar-refractivity contribution >= 4 is 17.5 Å². The molecule has 7 nitrogen and oxygen atoms in total. The van der Waals surface area contributed by atoms with Crippen molar-refractivity contribution in [3.8, 4) is 0 Å². The fraction of sp³-hybridized carbons (Fsp3) is 0.444. The quantitative estimate of drug-likeness (QED) is 0.339. The van der Waals surface area contributed by atoms with E-state index in [1.165, 1.54) is 24.2 Å². The minimum atomic E-state index is -0.662. The Bertz CT molecular complexity index is 1520. The monoisotopic (exact) mass is 580 g/mol. The van der Waals surface area contributed by atoms with Gasteiger partial charge in [0.05, 0.1) is 35.6 Å². The molecular weight excluding hydrogens is 540 g/mol. The molecule has 7 rings (SSSR count). The van der Waals surface area contributed by atoms with E-state index in [1.807, 2.05) is 42.5 Å². The number of anilines is 1. The third-order valence-electron chi connectivity index (χ3n) is 9.77. The Hall–Kier alpha value is -3.36. The number of hydrogen-bond acceptors (Lipinski definition) is 6. The number of rotatable bonds is 6. The van der Waals surface area contributed by atoms with Crippen LogP contribution in [0.25, 0.3) is 0 Å². The number of hydrogen-bond donors (Lipinski definition) is 1. The molecule has 43 heavy (non-hydrogen) atoms. The smallest absolute Gasteiger partial charge is 0.266 e. The number of carbonyl (C=O) groups is 2. The maximum Gasteiger partial charge on any atom is 0.266 e. The lowest BCUT2D eigenvalue weighted by molar-refractivity contribution is -0.253. The van der Waals surface area contributed by atoms with Crippen LogP contribution in [-0.2, 0) is 16.1 Å². The molecule has 3 heterocycles. The minimum absolute atomic E-state index is 0.00374. The second-order valence-corrected chi connectivity index (χ2v) is 14.1. The van der Waals surface area contributed by atoms with Crippen molar-refractivity contribution in [2.45, 2.75) is 77.6 Å². The molecule has 1 aliphatic carbocycles. The Morgan fingerprint density at radius 2 is 1.58 bits per heavy atom. The normalized spacial score (nSPS) is 30.1. The van der Waals surface area contributed by atoms with Crippen molar-refractivity contribution in [3.05, 3.63) is 101 Å². The molecule has 5 atom stereocenters. The summed E-state index contributed by atoms with van der Waals surface area (Å²) in [6.07, 6.45) is 3.47. The molecule has 3 aromatic rings. The molecule has 3 aromatic carbocycles. The maximum absolute atomic E-state index is 13.2. The van der Waals surface area contributed by atoms with Crippen LogP contribution in [0.3, 0.4) is 0 Å². The van der Waals surface area contributed by atoms with E-state index in [2.05, 4.69) is 25.7 Å². The van der Waals surface area contributed by atoms with Crippen molar-refractivity contribution < 1.29 is 24.2 Å². The lowest BCUT2D eigenvalue weighted by atomic mass is 9.65. The first-order chi connectivity index (χ1) is 20.6. The van der Waals surface area contributed by atoms with Crippen LogP contribution in [-0.4, -0.2) is 47.1 Å². The first-order valence-corrected chi connectivity index (χ1v) is 15.4. The molecule has 5 unspecified atom stereocenters. The highest BCUT2D eigenvalue weighted by atomic mass is 16.7. The standard InChI is InChI=1S/C36H40N2O5/c1-35(2)17-27-18-36(3,21-35)22-37(27)19-28-16-31(24-13-11-23(20-39)12-14-24)43-34(42-28)25-7-6-8-26(15-25)38-32(40)29-9-4-5-10-30(29)33(38)41/h4-15,27-28,31,34,39H,16-22H2,1-3H3. The van der Waals surface area contributed by atoms with Crippen LogP contribution in [0, 0.1) is 10.8 Å². The van der Waals surface area contributed by atoms with Crippen molar-refractivity contribution in [2.75, 3.05) is 18.0 Å². The highest BCUT2D eigenvalue weighted by molar-refractivity contribution is 6.34. The molecule has 1 N–H and O–H groups in total. The van der Waals surface area contributed by atoms with E-state index in [4.69, 9.17) is 9.47 Å². The molecule has 2 saturated heterocycles. The van der Waals surface area contributed by atoms with E-state index in [9.17, 15) is 14.7 Å². The summed E-state index contributed by atoms with van der Waals surface area (Å²) in [5.41, 5.74) is 4.68. The van der Waals surface area contributed by atoms with Crippen LogP contribution in [0.5, 0.6) is 0 Å². The Morgan fingerprint density at radius 1 is 0.860 bits per heavy atom. The number of fused-ring (bicyclic) bond motifs is 3. The van der Waals surface area contributed by atoms with Crippen LogP contribution >= 0.6 is 0 Å². The molecule has 2 bridgehead atoms. The Kier molecular flexibility index (Phi) is 7.05. The van der Waals surface area contributed by atoms with Crippen LogP contribution in [0.4, 0.5) is 5.69 Å². The van der Waals surface area contributed by atoms with Crippen LogP contribution in [0.1, 0.15) is 96.3 Å². The number of ether oxygens (including phenoxy) is 2. The van der Waals surface area contributed by atoms with Crippen molar-refractivity contribution in [1.82, 2.24) is 4.90 Å². The number of nitrogens with zero attached hydrogens (tertiary/aromatic N) is 2. The highest BCUT2D eigenvalue weighted by Gasteiger charge is 2.50. The second-order valence-electron chi connectivity index (χ2n) is 14.1. The number of benzene rings is 3. The van der Waals surface area contributed by atoms with Crippen molar-refractivity contribution in [1.29, 1.82) is 0 Å². The highest BCUT2D eigenvalue weighted by Crippen LogP contribution is 2.53. The topological polar surface area (TPSA) is 79.3 Å². The van der Waals surface area contributed by atoms with Gasteiger partial charge < -0.3 is 14.6 Å². The molecule has 224 valence electrons. The summed E-state index contributed by atoms with van der Waals surface area (Å²) in [4.78, 5) is 30.3. The Morgan fingerprint density at radius 3 is 2.28 bits per heavy atom. The van der Waals surface area contributed by atoms with Gasteiger partial charge in [0.15, 0.2) is 6.29 Å². The maximum atomic E-state index is 13.2. The van der Waals surface area contributed by atoms with Crippen LogP contribution in [0.15, 0.2) is 72.8 Å². The average Bonchev–Trinajstić information content (AvgIpc) is 3.39. The average molecular weight is 581 g/mol. The van der Waals surface area contributed by atoms with Crippen LogP contribution < -0.4 is 4.90 Å². The number of aliphatic hydroxyl groups is 1.